The van der Waals surface area contributed by atoms with Crippen LogP contribution < -0.4 is 5.32 Å². The first-order valence-electron chi connectivity index (χ1n) is 3.93. The molecular weight excluding hydrogens is 266 g/mol. The number of halogens is 4. The Labute approximate surface area is 103 Å². The van der Waals surface area contributed by atoms with Gasteiger partial charge >= 0.3 is 0 Å². The van der Waals surface area contributed by atoms with Crippen LogP contribution in [0.1, 0.15) is 18.0 Å². The maximum atomic E-state index is 5.99. The van der Waals surface area contributed by atoms with E-state index in [-0.39, 0.29) is 18.4 Å². The van der Waals surface area contributed by atoms with E-state index in [4.69, 9.17) is 34.8 Å². The Morgan fingerprint density at radius 2 is 2.00 bits per heavy atom. The molecule has 2 rings (SSSR count). The Bertz CT molecular complexity index is 338. The molecule has 1 fully saturated rings. The van der Waals surface area contributed by atoms with Gasteiger partial charge < -0.3 is 5.32 Å². The van der Waals surface area contributed by atoms with Crippen molar-refractivity contribution >= 4 is 47.2 Å². The molecule has 0 bridgehead atoms. The van der Waals surface area contributed by atoms with Crippen molar-refractivity contribution in [2.45, 2.75) is 12.5 Å². The minimum absolute atomic E-state index is 0. The van der Waals surface area contributed by atoms with Crippen molar-refractivity contribution in [1.82, 2.24) is 10.3 Å². The zero-order chi connectivity index (χ0) is 9.42. The molecule has 0 spiro atoms. The summed E-state index contributed by atoms with van der Waals surface area (Å²) in [7, 11) is 0. The van der Waals surface area contributed by atoms with Gasteiger partial charge in [-0.05, 0) is 13.0 Å². The van der Waals surface area contributed by atoms with Crippen LogP contribution in [-0.4, -0.2) is 11.5 Å². The van der Waals surface area contributed by atoms with Crippen LogP contribution in [0.4, 0.5) is 0 Å². The number of rotatable bonds is 1. The lowest BCUT2D eigenvalue weighted by Gasteiger charge is -2.29. The molecule has 1 atom stereocenters. The van der Waals surface area contributed by atoms with E-state index in [2.05, 4.69) is 10.3 Å². The molecule has 0 aliphatic carbocycles. The summed E-state index contributed by atoms with van der Waals surface area (Å²) >= 11 is 17.7. The number of nitrogens with one attached hydrogen (secondary N) is 1. The van der Waals surface area contributed by atoms with Gasteiger partial charge in [0.15, 0.2) is 0 Å². The fourth-order valence-electron chi connectivity index (χ4n) is 1.31. The van der Waals surface area contributed by atoms with Crippen LogP contribution in [-0.2, 0) is 0 Å². The summed E-state index contributed by atoms with van der Waals surface area (Å²) in [6.07, 6.45) is 2.57. The summed E-state index contributed by atoms with van der Waals surface area (Å²) in [5.41, 5.74) is 0.870. The summed E-state index contributed by atoms with van der Waals surface area (Å²) < 4.78 is 0. The quantitative estimate of drug-likeness (QED) is 0.793. The molecule has 1 aliphatic heterocycles. The highest BCUT2D eigenvalue weighted by atomic mass is 35.5. The second-order valence-corrected chi connectivity index (χ2v) is 4.06. The van der Waals surface area contributed by atoms with E-state index < -0.39 is 0 Å². The van der Waals surface area contributed by atoms with Gasteiger partial charge in [-0.2, -0.15) is 0 Å². The maximum absolute atomic E-state index is 5.99. The van der Waals surface area contributed by atoms with Crippen molar-refractivity contribution in [1.29, 1.82) is 0 Å². The highest BCUT2D eigenvalue weighted by Gasteiger charge is 2.25. The number of nitrogens with zero attached hydrogens (tertiary/aromatic N) is 1. The van der Waals surface area contributed by atoms with Crippen LogP contribution in [0.15, 0.2) is 6.20 Å². The average molecular weight is 274 g/mol. The summed E-state index contributed by atoms with van der Waals surface area (Å²) in [6.45, 7) is 0.997. The number of aromatic nitrogens is 1. The third-order valence-corrected chi connectivity index (χ3v) is 3.21. The lowest BCUT2D eigenvalue weighted by molar-refractivity contribution is 0.383. The van der Waals surface area contributed by atoms with E-state index >= 15 is 0 Å². The third-order valence-electron chi connectivity index (χ3n) is 2.14. The van der Waals surface area contributed by atoms with Gasteiger partial charge in [-0.15, -0.1) is 12.4 Å². The minimum Gasteiger partial charge on any atom is -0.310 e. The SMILES string of the molecule is Cl.Clc1cnc(Cl)c(Cl)c1[C@H]1CCN1. The van der Waals surface area contributed by atoms with Crippen LogP contribution >= 0.6 is 47.2 Å². The van der Waals surface area contributed by atoms with Crippen molar-refractivity contribution in [2.75, 3.05) is 6.54 Å². The molecule has 1 aromatic heterocycles. The molecule has 1 aromatic rings. The van der Waals surface area contributed by atoms with Crippen molar-refractivity contribution in [3.8, 4) is 0 Å². The standard InChI is InChI=1S/C8H7Cl3N2.ClH/c9-4-3-13-8(11)7(10)6(4)5-1-2-12-5;/h3,5,12H,1-2H2;1H/t5-;/m1./s1. The average Bonchev–Trinajstić information content (AvgIpc) is 2.02. The first kappa shape index (κ1) is 12.3. The van der Waals surface area contributed by atoms with Crippen molar-refractivity contribution < 1.29 is 0 Å². The third kappa shape index (κ3) is 2.10. The van der Waals surface area contributed by atoms with Gasteiger partial charge in [0.1, 0.15) is 5.15 Å². The number of pyridine rings is 1. The van der Waals surface area contributed by atoms with Crippen LogP contribution in [0.2, 0.25) is 15.2 Å². The molecule has 1 saturated heterocycles. The molecule has 2 nitrogen and oxygen atoms in total. The van der Waals surface area contributed by atoms with E-state index in [9.17, 15) is 0 Å². The second kappa shape index (κ2) is 4.86. The normalized spacial score (nSPS) is 19.8. The maximum Gasteiger partial charge on any atom is 0.148 e. The van der Waals surface area contributed by atoms with Gasteiger partial charge in [-0.1, -0.05) is 34.8 Å². The van der Waals surface area contributed by atoms with E-state index in [1.54, 1.807) is 0 Å². The minimum atomic E-state index is 0. The Morgan fingerprint density at radius 3 is 2.50 bits per heavy atom. The van der Waals surface area contributed by atoms with Crippen LogP contribution in [0, 0.1) is 0 Å². The topological polar surface area (TPSA) is 24.9 Å². The van der Waals surface area contributed by atoms with Gasteiger partial charge in [0.25, 0.3) is 0 Å². The monoisotopic (exact) mass is 272 g/mol. The van der Waals surface area contributed by atoms with Crippen molar-refractivity contribution in [3.63, 3.8) is 0 Å². The summed E-state index contributed by atoms with van der Waals surface area (Å²) in [4.78, 5) is 3.85. The highest BCUT2D eigenvalue weighted by Crippen LogP contribution is 2.37. The second-order valence-electron chi connectivity index (χ2n) is 2.92. The van der Waals surface area contributed by atoms with Gasteiger partial charge in [-0.25, -0.2) is 4.98 Å². The predicted molar refractivity (Wildman–Crippen MR) is 61.9 cm³/mol. The number of hydrogen-bond donors (Lipinski definition) is 1. The molecule has 0 aromatic carbocycles. The molecule has 2 heterocycles. The molecule has 78 valence electrons. The first-order valence-corrected chi connectivity index (χ1v) is 5.06. The Balaban J connectivity index is 0.000000980. The van der Waals surface area contributed by atoms with Crippen LogP contribution in [0.25, 0.3) is 0 Å². The van der Waals surface area contributed by atoms with Crippen molar-refractivity contribution in [2.24, 2.45) is 0 Å². The van der Waals surface area contributed by atoms with E-state index in [0.717, 1.165) is 18.5 Å². The summed E-state index contributed by atoms with van der Waals surface area (Å²) in [5, 5.41) is 4.57. The fraction of sp³-hybridized carbons (Fsp3) is 0.375. The molecule has 1 aliphatic rings. The lowest BCUT2D eigenvalue weighted by Crippen LogP contribution is -2.35. The molecule has 14 heavy (non-hydrogen) atoms. The molecule has 0 amide bonds. The van der Waals surface area contributed by atoms with E-state index in [1.165, 1.54) is 6.20 Å². The molecule has 6 heteroatoms. The van der Waals surface area contributed by atoms with Gasteiger partial charge in [0.2, 0.25) is 0 Å². The smallest absolute Gasteiger partial charge is 0.148 e. The Kier molecular flexibility index (Phi) is 4.29. The van der Waals surface area contributed by atoms with Gasteiger partial charge in [0.05, 0.1) is 10.0 Å². The van der Waals surface area contributed by atoms with Crippen LogP contribution in [0.5, 0.6) is 0 Å². The Hall–Kier alpha value is 0.270. The fourth-order valence-corrected chi connectivity index (χ4v) is 2.07. The lowest BCUT2D eigenvalue weighted by atomic mass is 9.99. The molecular formula is C8H8Cl4N2. The first-order chi connectivity index (χ1) is 6.20. The summed E-state index contributed by atoms with van der Waals surface area (Å²) in [6, 6.07) is 0.237. The Morgan fingerprint density at radius 1 is 1.36 bits per heavy atom. The van der Waals surface area contributed by atoms with Crippen LogP contribution in [0.3, 0.4) is 0 Å². The van der Waals surface area contributed by atoms with Gasteiger partial charge in [0, 0.05) is 17.8 Å². The highest BCUT2D eigenvalue weighted by molar-refractivity contribution is 6.43. The summed E-state index contributed by atoms with van der Waals surface area (Å²) in [5.74, 6) is 0. The van der Waals surface area contributed by atoms with Gasteiger partial charge in [-0.3, -0.25) is 0 Å². The van der Waals surface area contributed by atoms with E-state index in [0.29, 0.717) is 15.2 Å². The zero-order valence-corrected chi connectivity index (χ0v) is 10.1. The largest absolute Gasteiger partial charge is 0.310 e. The molecule has 0 radical (unpaired) electrons. The molecule has 0 unspecified atom stereocenters. The number of hydrogen-bond acceptors (Lipinski definition) is 2. The molecule has 1 N–H and O–H groups in total. The van der Waals surface area contributed by atoms with E-state index in [1.807, 2.05) is 0 Å². The predicted octanol–water partition coefficient (Wildman–Crippen LogP) is 3.50. The van der Waals surface area contributed by atoms with Crippen molar-refractivity contribution in [3.05, 3.63) is 27.0 Å². The zero-order valence-electron chi connectivity index (χ0n) is 7.06. The molecule has 0 saturated carbocycles.